The maximum atomic E-state index is 6.16. The van der Waals surface area contributed by atoms with Crippen molar-refractivity contribution >= 4 is 11.3 Å². The minimum atomic E-state index is 0.427. The van der Waals surface area contributed by atoms with E-state index in [4.69, 9.17) is 5.73 Å². The van der Waals surface area contributed by atoms with Gasteiger partial charge >= 0.3 is 0 Å². The highest BCUT2D eigenvalue weighted by Crippen LogP contribution is 2.14. The Hall–Kier alpha value is -0.340. The minimum absolute atomic E-state index is 0.427. The van der Waals surface area contributed by atoms with Crippen LogP contribution in [0.5, 0.6) is 0 Å². The number of aryl methyl sites for hydroxylation is 1. The second kappa shape index (κ2) is 10.6. The highest BCUT2D eigenvalue weighted by molar-refractivity contribution is 7.09. The van der Waals surface area contributed by atoms with Crippen LogP contribution in [0.3, 0.4) is 0 Å². The lowest BCUT2D eigenvalue weighted by Crippen LogP contribution is -2.19. The van der Waals surface area contributed by atoms with Gasteiger partial charge in [0.2, 0.25) is 0 Å². The SMILES string of the molecule is CCCCCCCCC(N)CCCc1cccs1. The molecule has 1 aromatic heterocycles. The van der Waals surface area contributed by atoms with Crippen molar-refractivity contribution in [3.05, 3.63) is 22.4 Å². The highest BCUT2D eigenvalue weighted by atomic mass is 32.1. The molecule has 0 aliphatic heterocycles. The fourth-order valence-electron chi connectivity index (χ4n) is 2.32. The first-order valence-corrected chi connectivity index (χ1v) is 8.49. The fourth-order valence-corrected chi connectivity index (χ4v) is 3.08. The van der Waals surface area contributed by atoms with E-state index in [2.05, 4.69) is 24.4 Å². The van der Waals surface area contributed by atoms with Gasteiger partial charge in [-0.15, -0.1) is 11.3 Å². The summed E-state index contributed by atoms with van der Waals surface area (Å²) in [6.07, 6.45) is 13.1. The van der Waals surface area contributed by atoms with Gasteiger partial charge in [0, 0.05) is 10.9 Å². The Labute approximate surface area is 117 Å². The normalized spacial score (nSPS) is 12.8. The van der Waals surface area contributed by atoms with Crippen molar-refractivity contribution in [2.75, 3.05) is 0 Å². The minimum Gasteiger partial charge on any atom is -0.328 e. The molecule has 0 saturated carbocycles. The lowest BCUT2D eigenvalue weighted by atomic mass is 10.0. The summed E-state index contributed by atoms with van der Waals surface area (Å²) in [5.41, 5.74) is 6.16. The van der Waals surface area contributed by atoms with E-state index in [1.807, 2.05) is 11.3 Å². The predicted molar refractivity (Wildman–Crippen MR) is 83.2 cm³/mol. The van der Waals surface area contributed by atoms with Gasteiger partial charge in [-0.1, -0.05) is 51.5 Å². The van der Waals surface area contributed by atoms with Crippen molar-refractivity contribution in [1.82, 2.24) is 0 Å². The van der Waals surface area contributed by atoms with E-state index in [9.17, 15) is 0 Å². The maximum Gasteiger partial charge on any atom is 0.00452 e. The molecule has 0 aliphatic carbocycles. The molecule has 1 aromatic rings. The van der Waals surface area contributed by atoms with Crippen LogP contribution in [0.4, 0.5) is 0 Å². The van der Waals surface area contributed by atoms with Gasteiger partial charge < -0.3 is 5.73 Å². The molecule has 0 radical (unpaired) electrons. The molecular formula is C16H29NS. The second-order valence-corrected chi connectivity index (χ2v) is 6.32. The number of nitrogens with two attached hydrogens (primary N) is 1. The quantitative estimate of drug-likeness (QED) is 0.551. The summed E-state index contributed by atoms with van der Waals surface area (Å²) in [6.45, 7) is 2.27. The van der Waals surface area contributed by atoms with Crippen molar-refractivity contribution in [3.63, 3.8) is 0 Å². The first kappa shape index (κ1) is 15.7. The maximum absolute atomic E-state index is 6.16. The molecule has 104 valence electrons. The molecule has 1 unspecified atom stereocenters. The molecule has 0 bridgehead atoms. The smallest absolute Gasteiger partial charge is 0.00452 e. The molecule has 0 fully saturated rings. The Bertz CT molecular complexity index is 269. The van der Waals surface area contributed by atoms with E-state index in [0.717, 1.165) is 0 Å². The Morgan fingerprint density at radius 2 is 1.78 bits per heavy atom. The zero-order valence-electron chi connectivity index (χ0n) is 11.9. The third kappa shape index (κ3) is 7.88. The van der Waals surface area contributed by atoms with Crippen LogP contribution in [0, 0.1) is 0 Å². The van der Waals surface area contributed by atoms with Gasteiger partial charge in [0.05, 0.1) is 0 Å². The number of unbranched alkanes of at least 4 members (excludes halogenated alkanes) is 5. The van der Waals surface area contributed by atoms with Gasteiger partial charge in [0.25, 0.3) is 0 Å². The average molecular weight is 267 g/mol. The predicted octanol–water partition coefficient (Wildman–Crippen LogP) is 5.15. The summed E-state index contributed by atoms with van der Waals surface area (Å²) >= 11 is 1.86. The number of thiophene rings is 1. The summed E-state index contributed by atoms with van der Waals surface area (Å²) < 4.78 is 0. The van der Waals surface area contributed by atoms with E-state index in [1.165, 1.54) is 69.1 Å². The summed E-state index contributed by atoms with van der Waals surface area (Å²) in [6, 6.07) is 4.79. The lowest BCUT2D eigenvalue weighted by Gasteiger charge is -2.10. The molecule has 0 saturated heterocycles. The third-order valence-electron chi connectivity index (χ3n) is 3.51. The van der Waals surface area contributed by atoms with Gasteiger partial charge in [0.15, 0.2) is 0 Å². The van der Waals surface area contributed by atoms with E-state index in [0.29, 0.717) is 6.04 Å². The van der Waals surface area contributed by atoms with Crippen LogP contribution in [0.15, 0.2) is 17.5 Å². The van der Waals surface area contributed by atoms with Crippen LogP contribution in [-0.2, 0) is 6.42 Å². The van der Waals surface area contributed by atoms with E-state index < -0.39 is 0 Å². The largest absolute Gasteiger partial charge is 0.328 e. The Morgan fingerprint density at radius 3 is 2.50 bits per heavy atom. The van der Waals surface area contributed by atoms with Gasteiger partial charge in [-0.3, -0.25) is 0 Å². The standard InChI is InChI=1S/C16H29NS/c1-2-3-4-5-6-7-10-15(17)11-8-12-16-13-9-14-18-16/h9,13-15H,2-8,10-12,17H2,1H3. The Balaban J connectivity index is 1.89. The number of hydrogen-bond donors (Lipinski definition) is 1. The highest BCUT2D eigenvalue weighted by Gasteiger charge is 2.03. The monoisotopic (exact) mass is 267 g/mol. The van der Waals surface area contributed by atoms with Gasteiger partial charge in [-0.05, 0) is 37.1 Å². The molecule has 2 N–H and O–H groups in total. The van der Waals surface area contributed by atoms with Crippen LogP contribution in [0.25, 0.3) is 0 Å². The Kier molecular flexibility index (Phi) is 9.23. The van der Waals surface area contributed by atoms with Crippen molar-refractivity contribution in [2.24, 2.45) is 5.73 Å². The zero-order valence-corrected chi connectivity index (χ0v) is 12.7. The molecule has 0 aliphatic rings. The molecular weight excluding hydrogens is 238 g/mol. The molecule has 18 heavy (non-hydrogen) atoms. The molecule has 2 heteroatoms. The summed E-state index contributed by atoms with van der Waals surface area (Å²) in [5.74, 6) is 0. The van der Waals surface area contributed by atoms with Crippen molar-refractivity contribution in [2.45, 2.75) is 77.2 Å². The summed E-state index contributed by atoms with van der Waals surface area (Å²) in [5, 5.41) is 2.16. The van der Waals surface area contributed by atoms with Gasteiger partial charge in [0.1, 0.15) is 0 Å². The van der Waals surface area contributed by atoms with Crippen LogP contribution < -0.4 is 5.73 Å². The van der Waals surface area contributed by atoms with E-state index in [-0.39, 0.29) is 0 Å². The lowest BCUT2D eigenvalue weighted by molar-refractivity contribution is 0.501. The van der Waals surface area contributed by atoms with Crippen molar-refractivity contribution in [1.29, 1.82) is 0 Å². The first-order valence-electron chi connectivity index (χ1n) is 7.61. The van der Waals surface area contributed by atoms with E-state index in [1.54, 1.807) is 0 Å². The van der Waals surface area contributed by atoms with E-state index >= 15 is 0 Å². The van der Waals surface area contributed by atoms with Crippen LogP contribution in [0.2, 0.25) is 0 Å². The van der Waals surface area contributed by atoms with Crippen molar-refractivity contribution in [3.8, 4) is 0 Å². The number of hydrogen-bond acceptors (Lipinski definition) is 2. The van der Waals surface area contributed by atoms with Crippen LogP contribution in [-0.4, -0.2) is 6.04 Å². The summed E-state index contributed by atoms with van der Waals surface area (Å²) in [7, 11) is 0. The van der Waals surface area contributed by atoms with Gasteiger partial charge in [-0.2, -0.15) is 0 Å². The molecule has 1 heterocycles. The first-order chi connectivity index (χ1) is 8.83. The molecule has 1 rings (SSSR count). The molecule has 1 nitrogen and oxygen atoms in total. The Morgan fingerprint density at radius 1 is 1.06 bits per heavy atom. The summed E-state index contributed by atoms with van der Waals surface area (Å²) in [4.78, 5) is 1.50. The number of rotatable bonds is 11. The average Bonchev–Trinajstić information content (AvgIpc) is 2.87. The van der Waals surface area contributed by atoms with Crippen molar-refractivity contribution < 1.29 is 0 Å². The molecule has 0 spiro atoms. The molecule has 0 amide bonds. The molecule has 1 atom stereocenters. The van der Waals surface area contributed by atoms with Crippen LogP contribution >= 0.6 is 11.3 Å². The van der Waals surface area contributed by atoms with Crippen LogP contribution in [0.1, 0.15) is 69.6 Å². The third-order valence-corrected chi connectivity index (χ3v) is 4.44. The zero-order chi connectivity index (χ0) is 13.1. The topological polar surface area (TPSA) is 26.0 Å². The second-order valence-electron chi connectivity index (χ2n) is 5.29. The fraction of sp³-hybridized carbons (Fsp3) is 0.750. The molecule has 0 aromatic carbocycles. The van der Waals surface area contributed by atoms with Gasteiger partial charge in [-0.25, -0.2) is 0 Å².